The number of likely N-dealkylation sites (N-methyl/N-ethyl adjacent to an activating group) is 1. The topological polar surface area (TPSA) is 225 Å². The summed E-state index contributed by atoms with van der Waals surface area (Å²) in [6.45, 7) is 31.6. The molecule has 3 rings (SSSR count). The Kier molecular flexibility index (Phi) is 23.8. The van der Waals surface area contributed by atoms with Crippen molar-refractivity contribution >= 4 is 55.8 Å². The number of amides is 5. The summed E-state index contributed by atoms with van der Waals surface area (Å²) in [4.78, 5) is 119. The third kappa shape index (κ3) is 17.0. The van der Waals surface area contributed by atoms with Crippen LogP contribution in [0, 0.1) is 23.7 Å². The van der Waals surface area contributed by atoms with Gasteiger partial charge in [0.05, 0.1) is 31.6 Å². The number of nitrogens with zero attached hydrogens (tertiary/aromatic N) is 2. The number of benzene rings is 1. The minimum Gasteiger partial charge on any atom is -0.497 e. The molecule has 2 fully saturated rings. The molecule has 19 heteroatoms. The molecule has 18 nitrogen and oxygen atoms in total. The number of cyclic esters (lactones) is 2. The summed E-state index contributed by atoms with van der Waals surface area (Å²) in [6.07, 6.45) is -3.84. The second-order valence-corrected chi connectivity index (χ2v) is 28.9. The number of carbonyl (C=O) groups excluding carboxylic acids is 8. The summed E-state index contributed by atoms with van der Waals surface area (Å²) >= 11 is 0. The zero-order chi connectivity index (χ0) is 57.0. The maximum absolute atomic E-state index is 15.2. The highest BCUT2D eigenvalue weighted by atomic mass is 28.4. The Hall–Kier alpha value is -5.04. The van der Waals surface area contributed by atoms with Gasteiger partial charge in [0, 0.05) is 20.0 Å². The zero-order valence-corrected chi connectivity index (χ0v) is 49.6. The first-order chi connectivity index (χ1) is 34.8. The number of hydrogen-bond acceptors (Lipinski definition) is 13. The van der Waals surface area contributed by atoms with Gasteiger partial charge in [-0.05, 0) is 106 Å². The lowest BCUT2D eigenvalue weighted by atomic mass is 9.91. The lowest BCUT2D eigenvalue weighted by molar-refractivity contribution is -0.162. The molecule has 5 amide bonds. The van der Waals surface area contributed by atoms with Crippen LogP contribution >= 0.6 is 0 Å². The van der Waals surface area contributed by atoms with Crippen LogP contribution in [0.4, 0.5) is 4.79 Å². The minimum atomic E-state index is -2.89. The van der Waals surface area contributed by atoms with E-state index < -0.39 is 128 Å². The molecule has 2 saturated heterocycles. The first-order valence-corrected chi connectivity index (χ1v) is 29.4. The van der Waals surface area contributed by atoms with E-state index in [0.717, 1.165) is 0 Å². The highest BCUT2D eigenvalue weighted by molar-refractivity contribution is 6.77. The average Bonchev–Trinajstić information content (AvgIpc) is 3.81. The van der Waals surface area contributed by atoms with Gasteiger partial charge in [0.25, 0.3) is 0 Å². The van der Waals surface area contributed by atoms with Crippen molar-refractivity contribution in [3.8, 4) is 5.75 Å². The molecule has 0 saturated carbocycles. The van der Waals surface area contributed by atoms with E-state index >= 15 is 4.79 Å². The van der Waals surface area contributed by atoms with Crippen LogP contribution in [-0.4, -0.2) is 140 Å². The number of nitrogens with one attached hydrogen (secondary N) is 3. The molecule has 1 aromatic carbocycles. The van der Waals surface area contributed by atoms with E-state index in [1.165, 1.54) is 37.8 Å². The van der Waals surface area contributed by atoms with Crippen molar-refractivity contribution in [2.24, 2.45) is 23.7 Å². The molecular weight excluding hydrogens is 979 g/mol. The molecule has 2 aliphatic heterocycles. The van der Waals surface area contributed by atoms with Gasteiger partial charge in [-0.1, -0.05) is 102 Å². The van der Waals surface area contributed by atoms with Gasteiger partial charge in [-0.3, -0.25) is 28.8 Å². The fourth-order valence-electron chi connectivity index (χ4n) is 10.7. The molecule has 0 spiro atoms. The Morgan fingerprint density at radius 1 is 0.840 bits per heavy atom. The summed E-state index contributed by atoms with van der Waals surface area (Å²) in [6, 6.07) is 0.933. The van der Waals surface area contributed by atoms with E-state index in [0.29, 0.717) is 24.2 Å². The molecule has 2 heterocycles. The van der Waals surface area contributed by atoms with E-state index in [1.807, 2.05) is 27.7 Å². The molecule has 3 N–H and O–H groups in total. The Bertz CT molecular complexity index is 2100. The smallest absolute Gasteiger partial charge is 0.408 e. The number of ether oxygens (including phenoxy) is 4. The van der Waals surface area contributed by atoms with Crippen LogP contribution in [0.5, 0.6) is 5.75 Å². The number of Topliss-reactive ketones (excluding diaryl/α,β-unsaturated/α-hetero) is 1. The first kappa shape index (κ1) is 64.2. The number of esters is 2. The lowest BCUT2D eigenvalue weighted by Crippen LogP contribution is -2.61. The maximum atomic E-state index is 15.2. The SMILES string of the molecule is CC[C@H](C)[C@H]1NC(=O)[C@@H](NC(=O)OC(C)(C)C)[C@@H](C)OC(=O)[C@H](Cc2ccc(OC)cc2)N(C)C(=O)[C@@H]2CCCN2C(=O)[C@H](CC(C)C)NC(=O)[C@@H](C)C(=O)[C@H](C(C)C)OC(=O)C[C@@H]1O[Si](C(C)C)(C(C)C)C(C)C. The van der Waals surface area contributed by atoms with Gasteiger partial charge in [-0.2, -0.15) is 0 Å². The van der Waals surface area contributed by atoms with Crippen LogP contribution in [0.25, 0.3) is 0 Å². The van der Waals surface area contributed by atoms with Crippen LogP contribution < -0.4 is 20.7 Å². The Balaban J connectivity index is 2.39. The van der Waals surface area contributed by atoms with Gasteiger partial charge in [-0.15, -0.1) is 0 Å². The molecular formula is C56H93N5O13Si. The fraction of sp³-hybridized carbons (Fsp3) is 0.750. The van der Waals surface area contributed by atoms with Crippen LogP contribution in [0.2, 0.25) is 16.6 Å². The Morgan fingerprint density at radius 2 is 1.43 bits per heavy atom. The third-order valence-corrected chi connectivity index (χ3v) is 21.0. The Morgan fingerprint density at radius 3 is 1.93 bits per heavy atom. The average molecular weight is 1070 g/mol. The van der Waals surface area contributed by atoms with Crippen molar-refractivity contribution in [1.82, 2.24) is 25.8 Å². The van der Waals surface area contributed by atoms with Gasteiger partial charge >= 0.3 is 18.0 Å². The standard InChI is InChI=1S/C56H93N5O13Si/c1-20-36(12)46-44(74-75(33(6)7,34(8)9)35(10)11)30-45(62)72-49(32(4)5)48(63)37(13)50(64)57-41(28-31(2)3)52(66)61-27-21-22-42(61)53(67)60(18)43(29-39-23-25-40(70-19)26-24-39)54(68)71-38(14)47(51(65)58-46)59-55(69)73-56(15,16)17/h23-26,31-38,41-44,46-47,49H,20-22,27-30H2,1-19H3,(H,57,64)(H,58,65)(H,59,69)/t36-,37-,38+,41-,42-,43-,44-,46+,47-,49-/m0/s1. The number of alkyl carbamates (subject to hydrolysis) is 1. The summed E-state index contributed by atoms with van der Waals surface area (Å²) in [5, 5.41) is 8.60. The van der Waals surface area contributed by atoms with E-state index in [4.69, 9.17) is 23.4 Å². The zero-order valence-electron chi connectivity index (χ0n) is 48.6. The third-order valence-electron chi connectivity index (χ3n) is 14.9. The van der Waals surface area contributed by atoms with Gasteiger partial charge in [0.2, 0.25) is 31.9 Å². The molecule has 75 heavy (non-hydrogen) atoms. The van der Waals surface area contributed by atoms with Gasteiger partial charge in [0.15, 0.2) is 11.9 Å². The number of methoxy groups -OCH3 is 1. The van der Waals surface area contributed by atoms with Crippen LogP contribution in [0.1, 0.15) is 155 Å². The molecule has 424 valence electrons. The number of carbonyl (C=O) groups is 8. The number of hydrogen-bond donors (Lipinski definition) is 3. The summed E-state index contributed by atoms with van der Waals surface area (Å²) in [5.41, 5.74) is -0.261. The van der Waals surface area contributed by atoms with E-state index in [1.54, 1.807) is 58.9 Å². The highest BCUT2D eigenvalue weighted by Gasteiger charge is 2.50. The molecule has 0 bridgehead atoms. The Labute approximate surface area is 448 Å². The van der Waals surface area contributed by atoms with Crippen molar-refractivity contribution in [3.05, 3.63) is 29.8 Å². The van der Waals surface area contributed by atoms with E-state index in [-0.39, 0.29) is 54.3 Å². The maximum Gasteiger partial charge on any atom is 0.408 e. The minimum absolute atomic E-state index is 0.0318. The van der Waals surface area contributed by atoms with Crippen LogP contribution in [0.15, 0.2) is 24.3 Å². The van der Waals surface area contributed by atoms with Gasteiger partial charge in [0.1, 0.15) is 41.6 Å². The van der Waals surface area contributed by atoms with E-state index in [9.17, 15) is 33.6 Å². The van der Waals surface area contributed by atoms with Crippen molar-refractivity contribution in [2.45, 2.75) is 227 Å². The first-order valence-electron chi connectivity index (χ1n) is 27.2. The highest BCUT2D eigenvalue weighted by Crippen LogP contribution is 2.44. The second-order valence-electron chi connectivity index (χ2n) is 23.5. The van der Waals surface area contributed by atoms with Crippen molar-refractivity contribution < 1.29 is 61.7 Å². The summed E-state index contributed by atoms with van der Waals surface area (Å²) in [7, 11) is 0.0873. The molecule has 2 aliphatic rings. The number of fused-ring (bicyclic) bond motifs is 1. The van der Waals surface area contributed by atoms with Gasteiger partial charge in [-0.25, -0.2) is 9.59 Å². The lowest BCUT2D eigenvalue weighted by Gasteiger charge is -2.47. The van der Waals surface area contributed by atoms with E-state index in [2.05, 4.69) is 57.5 Å². The monoisotopic (exact) mass is 1070 g/mol. The molecule has 0 aliphatic carbocycles. The fourth-order valence-corrected chi connectivity index (χ4v) is 16.2. The second kappa shape index (κ2) is 27.8. The molecule has 0 unspecified atom stereocenters. The normalized spacial score (nSPS) is 26.3. The predicted octanol–water partition coefficient (Wildman–Crippen LogP) is 7.68. The number of rotatable bonds is 14. The van der Waals surface area contributed by atoms with Crippen LogP contribution in [0.3, 0.4) is 0 Å². The molecule has 1 aromatic rings. The summed E-state index contributed by atoms with van der Waals surface area (Å²) in [5.74, 6) is -6.82. The van der Waals surface area contributed by atoms with Crippen molar-refractivity contribution in [1.29, 1.82) is 0 Å². The predicted molar refractivity (Wildman–Crippen MR) is 289 cm³/mol. The molecule has 0 aromatic heterocycles. The largest absolute Gasteiger partial charge is 0.497 e. The van der Waals surface area contributed by atoms with Gasteiger partial charge < -0.3 is 49.1 Å². The summed E-state index contributed by atoms with van der Waals surface area (Å²) < 4.78 is 30.7. The van der Waals surface area contributed by atoms with Crippen LogP contribution in [-0.2, 0) is 58.6 Å². The molecule has 10 atom stereocenters. The van der Waals surface area contributed by atoms with Crippen molar-refractivity contribution in [2.75, 3.05) is 20.7 Å². The molecule has 0 radical (unpaired) electrons. The number of ketones is 1. The quantitative estimate of drug-likeness (QED) is 0.0705. The van der Waals surface area contributed by atoms with Crippen molar-refractivity contribution in [3.63, 3.8) is 0 Å².